The van der Waals surface area contributed by atoms with Crippen molar-refractivity contribution in [1.82, 2.24) is 0 Å². The van der Waals surface area contributed by atoms with Gasteiger partial charge in [0, 0.05) is 5.69 Å². The minimum atomic E-state index is -0.222. The number of esters is 1. The Kier molecular flexibility index (Phi) is 4.83. The van der Waals surface area contributed by atoms with Crippen molar-refractivity contribution < 1.29 is 9.53 Å². The van der Waals surface area contributed by atoms with E-state index in [4.69, 9.17) is 4.74 Å². The predicted molar refractivity (Wildman–Crippen MR) is 77.0 cm³/mol. The molecule has 0 heterocycles. The smallest absolute Gasteiger partial charge is 0.328 e. The summed E-state index contributed by atoms with van der Waals surface area (Å²) in [4.78, 5) is 12.0. The maximum atomic E-state index is 12.0. The zero-order valence-corrected chi connectivity index (χ0v) is 11.8. The van der Waals surface area contributed by atoms with Gasteiger partial charge in [0.25, 0.3) is 0 Å². The fourth-order valence-electron chi connectivity index (χ4n) is 2.83. The van der Waals surface area contributed by atoms with Crippen LogP contribution in [-0.2, 0) is 9.53 Å². The maximum absolute atomic E-state index is 12.0. The van der Waals surface area contributed by atoms with E-state index in [-0.39, 0.29) is 12.0 Å². The summed E-state index contributed by atoms with van der Waals surface area (Å²) in [5.74, 6) is 1.01. The van der Waals surface area contributed by atoms with Crippen molar-refractivity contribution in [3.05, 3.63) is 30.3 Å². The Morgan fingerprint density at radius 1 is 1.21 bits per heavy atom. The third kappa shape index (κ3) is 3.72. The highest BCUT2D eigenvalue weighted by molar-refractivity contribution is 5.79. The third-order valence-electron chi connectivity index (χ3n) is 4.08. The van der Waals surface area contributed by atoms with Crippen LogP contribution >= 0.6 is 0 Å². The lowest BCUT2D eigenvalue weighted by molar-refractivity contribution is -0.143. The molecule has 1 fully saturated rings. The van der Waals surface area contributed by atoms with Crippen molar-refractivity contribution in [2.24, 2.45) is 11.8 Å². The summed E-state index contributed by atoms with van der Waals surface area (Å²) in [6, 6.07) is 9.67. The SMILES string of the molecule is COC(=O)C(Nc1ccccc1)C1CCC(C)CC1. The number of carbonyl (C=O) groups excluding carboxylic acids is 1. The van der Waals surface area contributed by atoms with Crippen LogP contribution in [0.15, 0.2) is 30.3 Å². The van der Waals surface area contributed by atoms with Crippen molar-refractivity contribution in [3.8, 4) is 0 Å². The first-order chi connectivity index (χ1) is 9.20. The van der Waals surface area contributed by atoms with Gasteiger partial charge in [-0.15, -0.1) is 0 Å². The second-order valence-corrected chi connectivity index (χ2v) is 5.53. The zero-order valence-electron chi connectivity index (χ0n) is 11.8. The van der Waals surface area contributed by atoms with Gasteiger partial charge in [-0.3, -0.25) is 0 Å². The summed E-state index contributed by atoms with van der Waals surface area (Å²) < 4.78 is 4.96. The number of para-hydroxylation sites is 1. The van der Waals surface area contributed by atoms with Crippen LogP contribution in [0.4, 0.5) is 5.69 Å². The summed E-state index contributed by atoms with van der Waals surface area (Å²) in [5, 5.41) is 3.34. The molecule has 19 heavy (non-hydrogen) atoms. The van der Waals surface area contributed by atoms with E-state index in [1.807, 2.05) is 30.3 Å². The second-order valence-electron chi connectivity index (χ2n) is 5.53. The number of benzene rings is 1. The normalized spacial score (nSPS) is 24.5. The number of nitrogens with one attached hydrogen (secondary N) is 1. The van der Waals surface area contributed by atoms with Crippen molar-refractivity contribution >= 4 is 11.7 Å². The fraction of sp³-hybridized carbons (Fsp3) is 0.562. The van der Waals surface area contributed by atoms with Crippen LogP contribution in [0.2, 0.25) is 0 Å². The van der Waals surface area contributed by atoms with Crippen LogP contribution in [0, 0.1) is 11.8 Å². The van der Waals surface area contributed by atoms with Gasteiger partial charge >= 0.3 is 5.97 Å². The molecule has 1 aliphatic rings. The zero-order chi connectivity index (χ0) is 13.7. The van der Waals surface area contributed by atoms with Gasteiger partial charge in [0.15, 0.2) is 0 Å². The molecule has 1 saturated carbocycles. The molecule has 0 saturated heterocycles. The molecular formula is C16H23NO2. The Hall–Kier alpha value is -1.51. The summed E-state index contributed by atoms with van der Waals surface area (Å²) >= 11 is 0. The molecule has 3 heteroatoms. The van der Waals surface area contributed by atoms with Gasteiger partial charge in [-0.25, -0.2) is 4.79 Å². The van der Waals surface area contributed by atoms with Crippen molar-refractivity contribution in [1.29, 1.82) is 0 Å². The van der Waals surface area contributed by atoms with Gasteiger partial charge < -0.3 is 10.1 Å². The number of carbonyl (C=O) groups is 1. The molecule has 0 radical (unpaired) electrons. The highest BCUT2D eigenvalue weighted by Gasteiger charge is 2.31. The van der Waals surface area contributed by atoms with Crippen molar-refractivity contribution in [3.63, 3.8) is 0 Å². The van der Waals surface area contributed by atoms with Crippen LogP contribution in [0.3, 0.4) is 0 Å². The molecule has 104 valence electrons. The Morgan fingerprint density at radius 3 is 2.42 bits per heavy atom. The van der Waals surface area contributed by atoms with Crippen LogP contribution < -0.4 is 5.32 Å². The van der Waals surface area contributed by atoms with E-state index in [1.165, 1.54) is 20.0 Å². The van der Waals surface area contributed by atoms with E-state index in [1.54, 1.807) is 0 Å². The molecule has 1 atom stereocenters. The second kappa shape index (κ2) is 6.60. The minimum absolute atomic E-state index is 0.150. The van der Waals surface area contributed by atoms with Crippen molar-refractivity contribution in [2.45, 2.75) is 38.6 Å². The van der Waals surface area contributed by atoms with Crippen LogP contribution in [0.25, 0.3) is 0 Å². The van der Waals surface area contributed by atoms with Gasteiger partial charge in [-0.05, 0) is 36.8 Å². The Labute approximate surface area is 115 Å². The average Bonchev–Trinajstić information content (AvgIpc) is 2.46. The van der Waals surface area contributed by atoms with E-state index in [0.717, 1.165) is 24.4 Å². The summed E-state index contributed by atoms with van der Waals surface area (Å²) in [6.07, 6.45) is 4.60. The molecule has 1 N–H and O–H groups in total. The van der Waals surface area contributed by atoms with Gasteiger partial charge in [-0.1, -0.05) is 38.0 Å². The highest BCUT2D eigenvalue weighted by atomic mass is 16.5. The monoisotopic (exact) mass is 261 g/mol. The Morgan fingerprint density at radius 2 is 1.84 bits per heavy atom. The van der Waals surface area contributed by atoms with E-state index in [2.05, 4.69) is 12.2 Å². The largest absolute Gasteiger partial charge is 0.467 e. The molecular weight excluding hydrogens is 238 g/mol. The molecule has 1 aromatic rings. The van der Waals surface area contributed by atoms with Gasteiger partial charge in [-0.2, -0.15) is 0 Å². The maximum Gasteiger partial charge on any atom is 0.328 e. The Balaban J connectivity index is 2.06. The van der Waals surface area contributed by atoms with E-state index in [0.29, 0.717) is 5.92 Å². The predicted octanol–water partition coefficient (Wildman–Crippen LogP) is 3.47. The number of hydrogen-bond donors (Lipinski definition) is 1. The molecule has 0 aromatic heterocycles. The molecule has 0 amide bonds. The molecule has 2 rings (SSSR count). The Bertz CT molecular complexity index is 396. The molecule has 0 aliphatic heterocycles. The quantitative estimate of drug-likeness (QED) is 0.843. The third-order valence-corrected chi connectivity index (χ3v) is 4.08. The molecule has 3 nitrogen and oxygen atoms in total. The first kappa shape index (κ1) is 13.9. The molecule has 1 unspecified atom stereocenters. The molecule has 0 spiro atoms. The van der Waals surface area contributed by atoms with Crippen molar-refractivity contribution in [2.75, 3.05) is 12.4 Å². The lowest BCUT2D eigenvalue weighted by Crippen LogP contribution is -2.39. The summed E-state index contributed by atoms with van der Waals surface area (Å²) in [5.41, 5.74) is 0.983. The number of hydrogen-bond acceptors (Lipinski definition) is 3. The van der Waals surface area contributed by atoms with E-state index >= 15 is 0 Å². The fourth-order valence-corrected chi connectivity index (χ4v) is 2.83. The lowest BCUT2D eigenvalue weighted by Gasteiger charge is -2.32. The van der Waals surface area contributed by atoms with Gasteiger partial charge in [0.1, 0.15) is 6.04 Å². The summed E-state index contributed by atoms with van der Waals surface area (Å²) in [7, 11) is 1.47. The molecule has 1 aromatic carbocycles. The summed E-state index contributed by atoms with van der Waals surface area (Å²) in [6.45, 7) is 2.29. The standard InChI is InChI=1S/C16H23NO2/c1-12-8-10-13(11-9-12)15(16(18)19-2)17-14-6-4-3-5-7-14/h3-7,12-13,15,17H,8-11H2,1-2H3. The number of methoxy groups -OCH3 is 1. The van der Waals surface area contributed by atoms with E-state index < -0.39 is 0 Å². The first-order valence-corrected chi connectivity index (χ1v) is 7.10. The molecule has 1 aliphatic carbocycles. The van der Waals surface area contributed by atoms with Crippen LogP contribution in [-0.4, -0.2) is 19.1 Å². The lowest BCUT2D eigenvalue weighted by atomic mass is 9.79. The minimum Gasteiger partial charge on any atom is -0.467 e. The highest BCUT2D eigenvalue weighted by Crippen LogP contribution is 2.32. The molecule has 0 bridgehead atoms. The topological polar surface area (TPSA) is 38.3 Å². The number of anilines is 1. The van der Waals surface area contributed by atoms with Crippen LogP contribution in [0.1, 0.15) is 32.6 Å². The first-order valence-electron chi connectivity index (χ1n) is 7.10. The number of rotatable bonds is 4. The van der Waals surface area contributed by atoms with Gasteiger partial charge in [0.05, 0.1) is 7.11 Å². The average molecular weight is 261 g/mol. The van der Waals surface area contributed by atoms with Gasteiger partial charge in [0.2, 0.25) is 0 Å². The van der Waals surface area contributed by atoms with E-state index in [9.17, 15) is 4.79 Å². The number of ether oxygens (including phenoxy) is 1. The van der Waals surface area contributed by atoms with Crippen LogP contribution in [0.5, 0.6) is 0 Å².